The van der Waals surface area contributed by atoms with E-state index in [9.17, 15) is 0 Å². The molecule has 0 radical (unpaired) electrons. The normalized spacial score (nSPS) is 10.5. The highest BCUT2D eigenvalue weighted by Gasteiger charge is 2.07. The molecule has 0 saturated heterocycles. The van der Waals surface area contributed by atoms with Gasteiger partial charge in [-0.2, -0.15) is 0 Å². The minimum Gasteiger partial charge on any atom is -0.264 e. The first-order valence-corrected chi connectivity index (χ1v) is 8.07. The number of rotatable bonds is 3. The van der Waals surface area contributed by atoms with Gasteiger partial charge in [-0.05, 0) is 39.4 Å². The summed E-state index contributed by atoms with van der Waals surface area (Å²) in [7, 11) is 0. The first kappa shape index (κ1) is 14.4. The zero-order chi connectivity index (χ0) is 16.2. The van der Waals surface area contributed by atoms with Crippen molar-refractivity contribution in [3.63, 3.8) is 0 Å². The van der Waals surface area contributed by atoms with Gasteiger partial charge in [-0.1, -0.05) is 84.9 Å². The standard InChI is InChI=1S/C23H17N/c1-2-7-19(8-3-1)22-10-4-5-11-23(22)20-14-12-18(13-15-20)21-9-6-16-24-17-21/h1-17H. The van der Waals surface area contributed by atoms with Gasteiger partial charge in [-0.15, -0.1) is 0 Å². The van der Waals surface area contributed by atoms with Gasteiger partial charge in [0.05, 0.1) is 0 Å². The summed E-state index contributed by atoms with van der Waals surface area (Å²) >= 11 is 0. The van der Waals surface area contributed by atoms with Crippen LogP contribution < -0.4 is 0 Å². The largest absolute Gasteiger partial charge is 0.264 e. The van der Waals surface area contributed by atoms with E-state index < -0.39 is 0 Å². The minimum atomic E-state index is 1.14. The van der Waals surface area contributed by atoms with Gasteiger partial charge in [-0.25, -0.2) is 0 Å². The van der Waals surface area contributed by atoms with Crippen LogP contribution in [0.1, 0.15) is 0 Å². The fraction of sp³-hybridized carbons (Fsp3) is 0. The molecular weight excluding hydrogens is 290 g/mol. The van der Waals surface area contributed by atoms with Crippen molar-refractivity contribution in [3.8, 4) is 33.4 Å². The van der Waals surface area contributed by atoms with E-state index in [0.717, 1.165) is 5.56 Å². The van der Waals surface area contributed by atoms with Gasteiger partial charge >= 0.3 is 0 Å². The van der Waals surface area contributed by atoms with Gasteiger partial charge in [0.25, 0.3) is 0 Å². The maximum absolute atomic E-state index is 4.20. The first-order valence-electron chi connectivity index (χ1n) is 8.07. The van der Waals surface area contributed by atoms with Crippen molar-refractivity contribution in [2.24, 2.45) is 0 Å². The highest BCUT2D eigenvalue weighted by molar-refractivity contribution is 5.84. The molecule has 0 unspecified atom stereocenters. The maximum Gasteiger partial charge on any atom is 0.0346 e. The molecule has 0 saturated carbocycles. The van der Waals surface area contributed by atoms with Gasteiger partial charge in [0, 0.05) is 12.4 Å². The third-order valence-corrected chi connectivity index (χ3v) is 4.20. The van der Waals surface area contributed by atoms with E-state index >= 15 is 0 Å². The summed E-state index contributed by atoms with van der Waals surface area (Å²) in [6.45, 7) is 0. The van der Waals surface area contributed by atoms with Crippen molar-refractivity contribution < 1.29 is 0 Å². The molecule has 4 rings (SSSR count). The van der Waals surface area contributed by atoms with Gasteiger partial charge in [0.2, 0.25) is 0 Å². The highest BCUT2D eigenvalue weighted by atomic mass is 14.6. The molecule has 4 aromatic rings. The summed E-state index contributed by atoms with van der Waals surface area (Å²) in [5, 5.41) is 0. The quantitative estimate of drug-likeness (QED) is 0.447. The van der Waals surface area contributed by atoms with E-state index in [4.69, 9.17) is 0 Å². The lowest BCUT2D eigenvalue weighted by atomic mass is 9.93. The zero-order valence-electron chi connectivity index (χ0n) is 13.3. The summed E-state index contributed by atoms with van der Waals surface area (Å²) in [6, 6.07) is 31.8. The van der Waals surface area contributed by atoms with Crippen LogP contribution in [-0.2, 0) is 0 Å². The molecule has 1 aromatic heterocycles. The molecule has 114 valence electrons. The Morgan fingerprint density at radius 2 is 0.958 bits per heavy atom. The lowest BCUT2D eigenvalue weighted by molar-refractivity contribution is 1.33. The van der Waals surface area contributed by atoms with Crippen molar-refractivity contribution in [1.82, 2.24) is 4.98 Å². The van der Waals surface area contributed by atoms with E-state index in [2.05, 4.69) is 89.9 Å². The predicted octanol–water partition coefficient (Wildman–Crippen LogP) is 6.08. The lowest BCUT2D eigenvalue weighted by Crippen LogP contribution is -1.85. The number of hydrogen-bond donors (Lipinski definition) is 0. The average Bonchev–Trinajstić information content (AvgIpc) is 2.69. The van der Waals surface area contributed by atoms with E-state index in [1.54, 1.807) is 6.20 Å². The molecule has 0 aliphatic heterocycles. The number of nitrogens with zero attached hydrogens (tertiary/aromatic N) is 1. The summed E-state index contributed by atoms with van der Waals surface area (Å²) in [5.74, 6) is 0. The zero-order valence-corrected chi connectivity index (χ0v) is 13.3. The second-order valence-corrected chi connectivity index (χ2v) is 5.73. The van der Waals surface area contributed by atoms with Crippen molar-refractivity contribution in [2.75, 3.05) is 0 Å². The van der Waals surface area contributed by atoms with Crippen LogP contribution in [-0.4, -0.2) is 4.98 Å². The Morgan fingerprint density at radius 3 is 1.58 bits per heavy atom. The monoisotopic (exact) mass is 307 g/mol. The van der Waals surface area contributed by atoms with Gasteiger partial charge in [-0.3, -0.25) is 4.98 Å². The average molecular weight is 307 g/mol. The summed E-state index contributed by atoms with van der Waals surface area (Å²) in [5.41, 5.74) is 7.30. The van der Waals surface area contributed by atoms with Crippen molar-refractivity contribution in [1.29, 1.82) is 0 Å². The third kappa shape index (κ3) is 2.84. The fourth-order valence-corrected chi connectivity index (χ4v) is 2.98. The molecule has 0 fully saturated rings. The van der Waals surface area contributed by atoms with Crippen molar-refractivity contribution in [3.05, 3.63) is 103 Å². The van der Waals surface area contributed by atoms with Crippen LogP contribution in [0.25, 0.3) is 33.4 Å². The molecule has 0 aliphatic rings. The van der Waals surface area contributed by atoms with Gasteiger partial charge in [0.1, 0.15) is 0 Å². The Labute approximate surface area is 142 Å². The Hall–Kier alpha value is -3.19. The number of hydrogen-bond acceptors (Lipinski definition) is 1. The second kappa shape index (κ2) is 6.51. The topological polar surface area (TPSA) is 12.9 Å². The van der Waals surface area contributed by atoms with E-state index in [1.807, 2.05) is 12.3 Å². The first-order chi connectivity index (χ1) is 11.9. The highest BCUT2D eigenvalue weighted by Crippen LogP contribution is 2.32. The number of aromatic nitrogens is 1. The Kier molecular flexibility index (Phi) is 3.91. The smallest absolute Gasteiger partial charge is 0.0346 e. The molecule has 0 N–H and O–H groups in total. The molecule has 0 amide bonds. The second-order valence-electron chi connectivity index (χ2n) is 5.73. The summed E-state index contributed by atoms with van der Waals surface area (Å²) in [4.78, 5) is 4.20. The van der Waals surface area contributed by atoms with E-state index in [-0.39, 0.29) is 0 Å². The van der Waals surface area contributed by atoms with Crippen LogP contribution in [0.15, 0.2) is 103 Å². The van der Waals surface area contributed by atoms with Crippen LogP contribution in [0.3, 0.4) is 0 Å². The van der Waals surface area contributed by atoms with Gasteiger partial charge in [0.15, 0.2) is 0 Å². The third-order valence-electron chi connectivity index (χ3n) is 4.20. The molecule has 0 atom stereocenters. The summed E-state index contributed by atoms with van der Waals surface area (Å²) < 4.78 is 0. The molecule has 3 aromatic carbocycles. The molecule has 0 spiro atoms. The molecule has 0 bridgehead atoms. The van der Waals surface area contributed by atoms with Crippen molar-refractivity contribution in [2.45, 2.75) is 0 Å². The number of pyridine rings is 1. The predicted molar refractivity (Wildman–Crippen MR) is 101 cm³/mol. The van der Waals surface area contributed by atoms with Gasteiger partial charge < -0.3 is 0 Å². The lowest BCUT2D eigenvalue weighted by Gasteiger charge is -2.11. The van der Waals surface area contributed by atoms with E-state index in [0.29, 0.717) is 0 Å². The summed E-state index contributed by atoms with van der Waals surface area (Å²) in [6.07, 6.45) is 3.70. The molecule has 1 nitrogen and oxygen atoms in total. The van der Waals surface area contributed by atoms with Crippen LogP contribution in [0.4, 0.5) is 0 Å². The fourth-order valence-electron chi connectivity index (χ4n) is 2.98. The Balaban J connectivity index is 1.75. The number of benzene rings is 3. The Morgan fingerprint density at radius 1 is 0.417 bits per heavy atom. The minimum absolute atomic E-state index is 1.14. The molecule has 0 aliphatic carbocycles. The molecule has 1 heterocycles. The maximum atomic E-state index is 4.20. The van der Waals surface area contributed by atoms with Crippen LogP contribution in [0, 0.1) is 0 Å². The van der Waals surface area contributed by atoms with E-state index in [1.165, 1.54) is 27.8 Å². The molecular formula is C23H17N. The van der Waals surface area contributed by atoms with Crippen molar-refractivity contribution >= 4 is 0 Å². The van der Waals surface area contributed by atoms with Crippen LogP contribution >= 0.6 is 0 Å². The Bertz CT molecular complexity index is 926. The van der Waals surface area contributed by atoms with Crippen LogP contribution in [0.5, 0.6) is 0 Å². The van der Waals surface area contributed by atoms with Crippen LogP contribution in [0.2, 0.25) is 0 Å². The molecule has 24 heavy (non-hydrogen) atoms. The SMILES string of the molecule is c1ccc(-c2ccccc2-c2ccc(-c3cccnc3)cc2)cc1. The molecule has 1 heteroatoms.